The first kappa shape index (κ1) is 11.5. The van der Waals surface area contributed by atoms with Crippen LogP contribution in [0.15, 0.2) is 12.1 Å². The fourth-order valence-corrected chi connectivity index (χ4v) is 2.79. The van der Waals surface area contributed by atoms with Gasteiger partial charge in [0.15, 0.2) is 0 Å². The molecule has 1 aromatic rings. The van der Waals surface area contributed by atoms with Crippen LogP contribution in [0.1, 0.15) is 21.0 Å². The SMILES string of the molecule is NNC(=O)c1ccc(CN2CCC(O)C2)s1. The van der Waals surface area contributed by atoms with Crippen LogP contribution in [0.2, 0.25) is 0 Å². The largest absolute Gasteiger partial charge is 0.392 e. The lowest BCUT2D eigenvalue weighted by Crippen LogP contribution is -2.29. The lowest BCUT2D eigenvalue weighted by Gasteiger charge is -2.12. The van der Waals surface area contributed by atoms with Crippen LogP contribution in [0.25, 0.3) is 0 Å². The molecule has 16 heavy (non-hydrogen) atoms. The number of nitrogens with zero attached hydrogens (tertiary/aromatic N) is 1. The molecule has 2 rings (SSSR count). The van der Waals surface area contributed by atoms with Crippen LogP contribution in [0.4, 0.5) is 0 Å². The third-order valence-corrected chi connectivity index (χ3v) is 3.71. The molecule has 0 saturated carbocycles. The molecule has 1 amide bonds. The van der Waals surface area contributed by atoms with Gasteiger partial charge in [0.05, 0.1) is 11.0 Å². The second kappa shape index (κ2) is 4.92. The molecule has 0 bridgehead atoms. The molecule has 0 aliphatic carbocycles. The molecule has 2 heterocycles. The molecule has 1 aromatic heterocycles. The van der Waals surface area contributed by atoms with Crippen molar-refractivity contribution in [2.45, 2.75) is 19.1 Å². The van der Waals surface area contributed by atoms with Crippen molar-refractivity contribution in [2.24, 2.45) is 5.84 Å². The highest BCUT2D eigenvalue weighted by atomic mass is 32.1. The van der Waals surface area contributed by atoms with Crippen LogP contribution in [0.3, 0.4) is 0 Å². The quantitative estimate of drug-likeness (QED) is 0.393. The molecule has 1 atom stereocenters. The van der Waals surface area contributed by atoms with Gasteiger partial charge in [-0.15, -0.1) is 11.3 Å². The summed E-state index contributed by atoms with van der Waals surface area (Å²) in [5.74, 6) is 4.81. The van der Waals surface area contributed by atoms with Gasteiger partial charge in [-0.2, -0.15) is 0 Å². The highest BCUT2D eigenvalue weighted by molar-refractivity contribution is 7.14. The minimum Gasteiger partial charge on any atom is -0.392 e. The van der Waals surface area contributed by atoms with Crippen LogP contribution in [-0.2, 0) is 6.54 Å². The van der Waals surface area contributed by atoms with Crippen molar-refractivity contribution in [3.05, 3.63) is 21.9 Å². The number of rotatable bonds is 3. The van der Waals surface area contributed by atoms with Gasteiger partial charge in [0, 0.05) is 24.5 Å². The first-order valence-corrected chi connectivity index (χ1v) is 6.01. The Morgan fingerprint density at radius 3 is 3.12 bits per heavy atom. The Morgan fingerprint density at radius 2 is 2.50 bits per heavy atom. The lowest BCUT2D eigenvalue weighted by atomic mass is 10.3. The fourth-order valence-electron chi connectivity index (χ4n) is 1.83. The molecule has 4 N–H and O–H groups in total. The number of thiophene rings is 1. The highest BCUT2D eigenvalue weighted by Crippen LogP contribution is 2.20. The molecule has 88 valence electrons. The zero-order valence-electron chi connectivity index (χ0n) is 8.85. The van der Waals surface area contributed by atoms with Gasteiger partial charge in [0.2, 0.25) is 0 Å². The summed E-state index contributed by atoms with van der Waals surface area (Å²) in [5, 5.41) is 9.39. The van der Waals surface area contributed by atoms with Crippen LogP contribution in [-0.4, -0.2) is 35.1 Å². The Morgan fingerprint density at radius 1 is 1.69 bits per heavy atom. The summed E-state index contributed by atoms with van der Waals surface area (Å²) in [7, 11) is 0. The zero-order valence-corrected chi connectivity index (χ0v) is 9.67. The van der Waals surface area contributed by atoms with Crippen LogP contribution in [0, 0.1) is 0 Å². The van der Waals surface area contributed by atoms with Crippen LogP contribution < -0.4 is 11.3 Å². The summed E-state index contributed by atoms with van der Waals surface area (Å²) in [6, 6.07) is 3.70. The van der Waals surface area contributed by atoms with E-state index in [4.69, 9.17) is 5.84 Å². The van der Waals surface area contributed by atoms with Crippen molar-refractivity contribution in [1.82, 2.24) is 10.3 Å². The van der Waals surface area contributed by atoms with E-state index in [1.54, 1.807) is 6.07 Å². The number of hydrogen-bond acceptors (Lipinski definition) is 5. The monoisotopic (exact) mass is 241 g/mol. The number of likely N-dealkylation sites (tertiary alicyclic amines) is 1. The van der Waals surface area contributed by atoms with E-state index in [2.05, 4.69) is 10.3 Å². The second-order valence-corrected chi connectivity index (χ2v) is 5.09. The smallest absolute Gasteiger partial charge is 0.275 e. The molecule has 0 spiro atoms. The van der Waals surface area contributed by atoms with Crippen molar-refractivity contribution in [3.8, 4) is 0 Å². The zero-order chi connectivity index (χ0) is 11.5. The van der Waals surface area contributed by atoms with Crippen molar-refractivity contribution in [2.75, 3.05) is 13.1 Å². The number of hydrogen-bond donors (Lipinski definition) is 3. The van der Waals surface area contributed by atoms with Crippen LogP contribution in [0.5, 0.6) is 0 Å². The Kier molecular flexibility index (Phi) is 3.55. The number of aliphatic hydroxyl groups is 1. The van der Waals surface area contributed by atoms with Crippen molar-refractivity contribution < 1.29 is 9.90 Å². The van der Waals surface area contributed by atoms with E-state index in [0.29, 0.717) is 4.88 Å². The standard InChI is InChI=1S/C10H15N3O2S/c11-12-10(15)9-2-1-8(16-9)6-13-4-3-7(14)5-13/h1-2,7,14H,3-6,11H2,(H,12,15). The number of nitrogens with two attached hydrogens (primary N) is 1. The molecule has 5 nitrogen and oxygen atoms in total. The number of β-amino-alcohol motifs (C(OH)–C–C–N with tert-alkyl or cyclic N) is 1. The topological polar surface area (TPSA) is 78.6 Å². The van der Waals surface area contributed by atoms with Crippen molar-refractivity contribution in [1.29, 1.82) is 0 Å². The number of nitrogens with one attached hydrogen (secondary N) is 1. The Bertz CT molecular complexity index is 380. The molecule has 1 aliphatic heterocycles. The van der Waals surface area contributed by atoms with E-state index in [9.17, 15) is 9.90 Å². The molecule has 6 heteroatoms. The third-order valence-electron chi connectivity index (χ3n) is 2.64. The first-order chi connectivity index (χ1) is 7.69. The summed E-state index contributed by atoms with van der Waals surface area (Å²) >= 11 is 1.44. The number of carbonyl (C=O) groups excluding carboxylic acids is 1. The highest BCUT2D eigenvalue weighted by Gasteiger charge is 2.20. The van der Waals surface area contributed by atoms with Gasteiger partial charge in [-0.25, -0.2) is 5.84 Å². The molecule has 1 unspecified atom stereocenters. The van der Waals surface area contributed by atoms with Crippen LogP contribution >= 0.6 is 11.3 Å². The minimum absolute atomic E-state index is 0.202. The molecular formula is C10H15N3O2S. The van der Waals surface area contributed by atoms with Crippen molar-refractivity contribution in [3.63, 3.8) is 0 Å². The lowest BCUT2D eigenvalue weighted by molar-refractivity contribution is 0.0957. The summed E-state index contributed by atoms with van der Waals surface area (Å²) < 4.78 is 0. The predicted molar refractivity (Wildman–Crippen MR) is 61.9 cm³/mol. The minimum atomic E-state index is -0.252. The molecular weight excluding hydrogens is 226 g/mol. The fraction of sp³-hybridized carbons (Fsp3) is 0.500. The van der Waals surface area contributed by atoms with E-state index in [1.807, 2.05) is 6.07 Å². The van der Waals surface area contributed by atoms with E-state index in [-0.39, 0.29) is 12.0 Å². The number of carbonyl (C=O) groups is 1. The van der Waals surface area contributed by atoms with Gasteiger partial charge >= 0.3 is 0 Å². The first-order valence-electron chi connectivity index (χ1n) is 5.19. The molecule has 1 aliphatic rings. The maximum Gasteiger partial charge on any atom is 0.275 e. The average Bonchev–Trinajstić information content (AvgIpc) is 2.87. The van der Waals surface area contributed by atoms with Gasteiger partial charge in [0.1, 0.15) is 0 Å². The number of aliphatic hydroxyl groups excluding tert-OH is 1. The second-order valence-electron chi connectivity index (χ2n) is 3.92. The van der Waals surface area contributed by atoms with Gasteiger partial charge in [-0.05, 0) is 18.6 Å². The number of nitrogen functional groups attached to an aromatic ring is 1. The Balaban J connectivity index is 1.95. The van der Waals surface area contributed by atoms with Gasteiger partial charge in [0.25, 0.3) is 5.91 Å². The molecule has 0 radical (unpaired) electrons. The summed E-state index contributed by atoms with van der Waals surface area (Å²) in [5.41, 5.74) is 2.11. The Labute approximate surface area is 97.8 Å². The Hall–Kier alpha value is -0.950. The van der Waals surface area contributed by atoms with E-state index >= 15 is 0 Å². The third kappa shape index (κ3) is 2.59. The van der Waals surface area contributed by atoms with E-state index in [1.165, 1.54) is 11.3 Å². The van der Waals surface area contributed by atoms with E-state index < -0.39 is 0 Å². The number of hydrazine groups is 1. The maximum absolute atomic E-state index is 11.2. The normalized spacial score (nSPS) is 21.2. The van der Waals surface area contributed by atoms with Crippen molar-refractivity contribution >= 4 is 17.2 Å². The average molecular weight is 241 g/mol. The van der Waals surface area contributed by atoms with Gasteiger partial charge in [-0.3, -0.25) is 15.1 Å². The van der Waals surface area contributed by atoms with E-state index in [0.717, 1.165) is 30.9 Å². The number of amides is 1. The molecule has 1 saturated heterocycles. The predicted octanol–water partition coefficient (Wildman–Crippen LogP) is -0.0818. The molecule has 1 fully saturated rings. The summed E-state index contributed by atoms with van der Waals surface area (Å²) in [6.45, 7) is 2.42. The van der Waals surface area contributed by atoms with Gasteiger partial charge in [-0.1, -0.05) is 0 Å². The van der Waals surface area contributed by atoms with Gasteiger partial charge < -0.3 is 5.11 Å². The molecule has 0 aromatic carbocycles. The summed E-state index contributed by atoms with van der Waals surface area (Å²) in [6.07, 6.45) is 0.633. The summed E-state index contributed by atoms with van der Waals surface area (Å²) in [4.78, 5) is 15.2. The maximum atomic E-state index is 11.2.